The summed E-state index contributed by atoms with van der Waals surface area (Å²) in [6.45, 7) is 7.17. The van der Waals surface area contributed by atoms with E-state index in [0.717, 1.165) is 60.1 Å². The fourth-order valence-corrected chi connectivity index (χ4v) is 5.41. The number of pyridine rings is 1. The van der Waals surface area contributed by atoms with Crippen molar-refractivity contribution < 1.29 is 36.9 Å². The molecule has 2 aliphatic rings. The molecule has 1 saturated heterocycles. The highest BCUT2D eigenvalue weighted by molar-refractivity contribution is 5.81. The molecule has 3 heterocycles. The number of fused-ring (bicyclic) bond motifs is 1. The van der Waals surface area contributed by atoms with Crippen LogP contribution < -0.4 is 23.8 Å². The number of piperazine rings is 1. The molecule has 0 spiro atoms. The number of anilines is 1. The van der Waals surface area contributed by atoms with Crippen LogP contribution in [0, 0.1) is 0 Å². The molecule has 1 amide bonds. The molecule has 0 radical (unpaired) electrons. The van der Waals surface area contributed by atoms with Crippen molar-refractivity contribution in [3.63, 3.8) is 0 Å². The minimum absolute atomic E-state index is 0.0986. The van der Waals surface area contributed by atoms with Gasteiger partial charge in [0, 0.05) is 62.8 Å². The molecule has 1 aromatic heterocycles. The van der Waals surface area contributed by atoms with Crippen LogP contribution in [-0.4, -0.2) is 66.8 Å². The lowest BCUT2D eigenvalue weighted by molar-refractivity contribution is -0.137. The quantitative estimate of drug-likeness (QED) is 0.186. The molecule has 0 N–H and O–H groups in total. The Morgan fingerprint density at radius 3 is 2.26 bits per heavy atom. The summed E-state index contributed by atoms with van der Waals surface area (Å²) in [6, 6.07) is 21.6. The number of alkyl halides is 3. The zero-order valence-electron chi connectivity index (χ0n) is 25.9. The van der Waals surface area contributed by atoms with Gasteiger partial charge in [0.05, 0.1) is 12.1 Å². The van der Waals surface area contributed by atoms with Crippen LogP contribution in [-0.2, 0) is 24.1 Å². The molecule has 0 unspecified atom stereocenters. The van der Waals surface area contributed by atoms with E-state index >= 15 is 0 Å². The normalized spacial score (nSPS) is 14.6. The first-order valence-corrected chi connectivity index (χ1v) is 15.4. The fraction of sp³-hybridized carbons (Fsp3) is 0.314. The molecule has 0 aliphatic carbocycles. The second-order valence-corrected chi connectivity index (χ2v) is 11.3. The SMILES string of the molecule is CCN(CC(=O)N1CCN(Cc2ccc3c(c2)OCO3)CC1)c1ccc(Oc2ccc(COc3ccc(C(F)(F)F)cc3)cn2)cc1. The van der Waals surface area contributed by atoms with Crippen molar-refractivity contribution in [3.8, 4) is 28.9 Å². The number of halogens is 3. The van der Waals surface area contributed by atoms with Gasteiger partial charge in [0.15, 0.2) is 11.5 Å². The monoisotopic (exact) mass is 648 g/mol. The topological polar surface area (TPSA) is 76.6 Å². The Labute approximate surface area is 271 Å². The third-order valence-corrected chi connectivity index (χ3v) is 8.09. The van der Waals surface area contributed by atoms with Gasteiger partial charge in [-0.25, -0.2) is 4.98 Å². The number of aromatic nitrogens is 1. The van der Waals surface area contributed by atoms with Crippen molar-refractivity contribution in [2.75, 3.05) is 51.0 Å². The highest BCUT2D eigenvalue weighted by atomic mass is 19.4. The third-order valence-electron chi connectivity index (χ3n) is 8.09. The Morgan fingerprint density at radius 2 is 1.57 bits per heavy atom. The molecule has 3 aromatic carbocycles. The van der Waals surface area contributed by atoms with Gasteiger partial charge in [0.2, 0.25) is 18.6 Å². The van der Waals surface area contributed by atoms with Crippen LogP contribution in [0.25, 0.3) is 0 Å². The van der Waals surface area contributed by atoms with E-state index < -0.39 is 11.7 Å². The molecule has 4 aromatic rings. The van der Waals surface area contributed by atoms with E-state index in [1.54, 1.807) is 18.3 Å². The number of amides is 1. The Balaban J connectivity index is 0.949. The van der Waals surface area contributed by atoms with Crippen molar-refractivity contribution in [1.29, 1.82) is 0 Å². The van der Waals surface area contributed by atoms with Crippen molar-refractivity contribution in [3.05, 3.63) is 102 Å². The minimum atomic E-state index is -4.39. The summed E-state index contributed by atoms with van der Waals surface area (Å²) in [6.07, 6.45) is -2.79. The second kappa shape index (κ2) is 14.2. The average molecular weight is 649 g/mol. The van der Waals surface area contributed by atoms with Crippen LogP contribution in [0.3, 0.4) is 0 Å². The molecule has 1 fully saturated rings. The predicted molar refractivity (Wildman–Crippen MR) is 169 cm³/mol. The molecular weight excluding hydrogens is 613 g/mol. The molecule has 9 nitrogen and oxygen atoms in total. The van der Waals surface area contributed by atoms with Gasteiger partial charge in [-0.05, 0) is 79.2 Å². The number of hydrogen-bond acceptors (Lipinski definition) is 8. The molecule has 246 valence electrons. The highest BCUT2D eigenvalue weighted by Gasteiger charge is 2.30. The van der Waals surface area contributed by atoms with E-state index in [1.165, 1.54) is 12.1 Å². The summed E-state index contributed by atoms with van der Waals surface area (Å²) < 4.78 is 60.6. The van der Waals surface area contributed by atoms with Gasteiger partial charge >= 0.3 is 6.18 Å². The third kappa shape index (κ3) is 8.25. The van der Waals surface area contributed by atoms with E-state index in [0.29, 0.717) is 37.0 Å². The first kappa shape index (κ1) is 32.0. The largest absolute Gasteiger partial charge is 0.489 e. The molecular formula is C35H35F3N4O5. The number of ether oxygens (including phenoxy) is 4. The number of carbonyl (C=O) groups excluding carboxylic acids is 1. The lowest BCUT2D eigenvalue weighted by Gasteiger charge is -2.36. The van der Waals surface area contributed by atoms with E-state index in [-0.39, 0.29) is 25.9 Å². The summed E-state index contributed by atoms with van der Waals surface area (Å²) >= 11 is 0. The van der Waals surface area contributed by atoms with Crippen LogP contribution in [0.2, 0.25) is 0 Å². The molecule has 0 saturated carbocycles. The maximum Gasteiger partial charge on any atom is 0.416 e. The average Bonchev–Trinajstić information content (AvgIpc) is 3.55. The van der Waals surface area contributed by atoms with Crippen LogP contribution >= 0.6 is 0 Å². The van der Waals surface area contributed by atoms with E-state index in [4.69, 9.17) is 18.9 Å². The van der Waals surface area contributed by atoms with Gasteiger partial charge in [-0.3, -0.25) is 9.69 Å². The van der Waals surface area contributed by atoms with Crippen LogP contribution in [0.5, 0.6) is 28.9 Å². The summed E-state index contributed by atoms with van der Waals surface area (Å²) in [5, 5.41) is 0. The summed E-state index contributed by atoms with van der Waals surface area (Å²) in [4.78, 5) is 23.8. The van der Waals surface area contributed by atoms with Crippen LogP contribution in [0.15, 0.2) is 85.1 Å². The van der Waals surface area contributed by atoms with Crippen LogP contribution in [0.1, 0.15) is 23.6 Å². The summed E-state index contributed by atoms with van der Waals surface area (Å²) in [7, 11) is 0. The maximum atomic E-state index is 13.2. The van der Waals surface area contributed by atoms with E-state index in [1.807, 2.05) is 53.1 Å². The minimum Gasteiger partial charge on any atom is -0.489 e. The second-order valence-electron chi connectivity index (χ2n) is 11.3. The molecule has 0 bridgehead atoms. The fourth-order valence-electron chi connectivity index (χ4n) is 5.41. The number of hydrogen-bond donors (Lipinski definition) is 0. The van der Waals surface area contributed by atoms with Crippen LogP contribution in [0.4, 0.5) is 18.9 Å². The number of benzene rings is 3. The predicted octanol–water partition coefficient (Wildman–Crippen LogP) is 6.37. The van der Waals surface area contributed by atoms with Gasteiger partial charge in [0.25, 0.3) is 0 Å². The molecule has 47 heavy (non-hydrogen) atoms. The highest BCUT2D eigenvalue weighted by Crippen LogP contribution is 2.33. The van der Waals surface area contributed by atoms with Crippen molar-refractivity contribution >= 4 is 11.6 Å². The number of nitrogens with zero attached hydrogens (tertiary/aromatic N) is 4. The first-order chi connectivity index (χ1) is 22.7. The Bertz CT molecular complexity index is 1640. The Morgan fingerprint density at radius 1 is 0.872 bits per heavy atom. The number of carbonyl (C=O) groups is 1. The maximum absolute atomic E-state index is 13.2. The van der Waals surface area contributed by atoms with Crippen molar-refractivity contribution in [2.24, 2.45) is 0 Å². The van der Waals surface area contributed by atoms with Gasteiger partial charge in [-0.2, -0.15) is 13.2 Å². The summed E-state index contributed by atoms with van der Waals surface area (Å²) in [5.74, 6) is 2.97. The molecule has 2 aliphatic heterocycles. The van der Waals surface area contributed by atoms with Gasteiger partial charge in [0.1, 0.15) is 18.1 Å². The smallest absolute Gasteiger partial charge is 0.416 e. The van der Waals surface area contributed by atoms with Gasteiger partial charge in [-0.1, -0.05) is 6.07 Å². The summed E-state index contributed by atoms with van der Waals surface area (Å²) in [5.41, 5.74) is 2.09. The van der Waals surface area contributed by atoms with Crippen molar-refractivity contribution in [2.45, 2.75) is 26.3 Å². The number of likely N-dealkylation sites (N-methyl/N-ethyl adjacent to an activating group) is 1. The zero-order chi connectivity index (χ0) is 32.8. The molecule has 6 rings (SSSR count). The molecule has 12 heteroatoms. The Hall–Kier alpha value is -4.97. The van der Waals surface area contributed by atoms with E-state index in [9.17, 15) is 18.0 Å². The number of rotatable bonds is 11. The lowest BCUT2D eigenvalue weighted by atomic mass is 10.1. The van der Waals surface area contributed by atoms with Gasteiger partial charge in [-0.15, -0.1) is 0 Å². The van der Waals surface area contributed by atoms with Crippen molar-refractivity contribution in [1.82, 2.24) is 14.8 Å². The molecule has 0 atom stereocenters. The Kier molecular flexibility index (Phi) is 9.67. The zero-order valence-corrected chi connectivity index (χ0v) is 25.9. The lowest BCUT2D eigenvalue weighted by Crippen LogP contribution is -2.51. The standard InChI is InChI=1S/C35H35F3N4O5/c1-2-41(22-34(43)42-17-15-40(16-18-42)21-25-3-13-31-32(19-25)46-24-45-31)28-7-11-30(12-8-28)47-33-14-4-26(20-39-33)23-44-29-9-5-27(6-10-29)35(36,37)38/h3-14,19-20H,2,15-18,21-24H2,1H3. The first-order valence-electron chi connectivity index (χ1n) is 15.4. The van der Waals surface area contributed by atoms with Gasteiger partial charge < -0.3 is 28.7 Å². The van der Waals surface area contributed by atoms with E-state index in [2.05, 4.69) is 16.0 Å².